The Balaban J connectivity index is 2.21. The molecule has 0 bridgehead atoms. The minimum atomic E-state index is -3.83. The van der Waals surface area contributed by atoms with E-state index in [4.69, 9.17) is 16.3 Å². The fraction of sp³-hybridized carbons (Fsp3) is 0.474. The van der Waals surface area contributed by atoms with Gasteiger partial charge in [-0.25, -0.2) is 13.2 Å². The number of halogens is 1. The van der Waals surface area contributed by atoms with Crippen molar-refractivity contribution in [1.82, 2.24) is 9.62 Å². The monoisotopic (exact) mass is 428 g/mol. The summed E-state index contributed by atoms with van der Waals surface area (Å²) in [5, 5.41) is 2.56. The number of hydrogen-bond acceptors (Lipinski definition) is 5. The van der Waals surface area contributed by atoms with Crippen molar-refractivity contribution in [3.63, 3.8) is 0 Å². The normalized spacial score (nSPS) is 16.6. The first kappa shape index (κ1) is 22.4. The Labute approximate surface area is 170 Å². The number of carbonyl (C=O) groups is 2. The molecule has 0 aliphatic carbocycles. The predicted octanol–water partition coefficient (Wildman–Crippen LogP) is 2.75. The lowest BCUT2D eigenvalue weighted by Gasteiger charge is -2.21. The molecule has 1 unspecified atom stereocenters. The van der Waals surface area contributed by atoms with Crippen molar-refractivity contribution in [2.45, 2.75) is 43.6 Å². The Morgan fingerprint density at radius 3 is 2.54 bits per heavy atom. The molecule has 0 saturated carbocycles. The van der Waals surface area contributed by atoms with E-state index in [0.717, 1.165) is 25.7 Å². The highest BCUT2D eigenvalue weighted by Crippen LogP contribution is 2.28. The molecule has 1 aliphatic rings. The molecule has 7 nitrogen and oxygen atoms in total. The van der Waals surface area contributed by atoms with E-state index in [0.29, 0.717) is 13.1 Å². The van der Waals surface area contributed by atoms with Crippen LogP contribution in [-0.2, 0) is 19.6 Å². The van der Waals surface area contributed by atoms with Crippen LogP contribution in [0.5, 0.6) is 0 Å². The summed E-state index contributed by atoms with van der Waals surface area (Å²) in [5.41, 5.74) is 0.0150. The third kappa shape index (κ3) is 5.56. The summed E-state index contributed by atoms with van der Waals surface area (Å²) in [6, 6.07) is 3.94. The van der Waals surface area contributed by atoms with Gasteiger partial charge < -0.3 is 10.1 Å². The van der Waals surface area contributed by atoms with E-state index in [1.54, 1.807) is 0 Å². The number of esters is 1. The van der Waals surface area contributed by atoms with Crippen LogP contribution in [0, 0.1) is 0 Å². The summed E-state index contributed by atoms with van der Waals surface area (Å²) >= 11 is 6.13. The zero-order chi connectivity index (χ0) is 20.7. The lowest BCUT2D eigenvalue weighted by atomic mass is 10.2. The second kappa shape index (κ2) is 10.0. The molecule has 154 valence electrons. The molecule has 1 aromatic rings. The van der Waals surface area contributed by atoms with Crippen molar-refractivity contribution in [1.29, 1.82) is 0 Å². The van der Waals surface area contributed by atoms with Crippen LogP contribution >= 0.6 is 11.6 Å². The van der Waals surface area contributed by atoms with E-state index >= 15 is 0 Å². The van der Waals surface area contributed by atoms with Gasteiger partial charge in [-0.15, -0.1) is 6.58 Å². The van der Waals surface area contributed by atoms with Crippen molar-refractivity contribution in [3.8, 4) is 0 Å². The smallest absolute Gasteiger partial charge is 0.338 e. The maximum atomic E-state index is 13.0. The fourth-order valence-corrected chi connectivity index (χ4v) is 4.87. The van der Waals surface area contributed by atoms with Crippen LogP contribution in [0.1, 0.15) is 43.0 Å². The van der Waals surface area contributed by atoms with Crippen LogP contribution in [0.2, 0.25) is 5.02 Å². The van der Waals surface area contributed by atoms with Crippen molar-refractivity contribution >= 4 is 33.5 Å². The Hall–Kier alpha value is -1.90. The predicted molar refractivity (Wildman–Crippen MR) is 107 cm³/mol. The standard InChI is InChI=1S/C19H25ClN2O5S/c1-3-10-21-18(23)14(2)27-19(24)15-8-9-16(20)17(13-15)28(25,26)22-11-6-4-5-7-12-22/h3,8-9,13-14H,1,4-7,10-12H2,2H3,(H,21,23). The molecule has 0 aromatic heterocycles. The zero-order valence-electron chi connectivity index (χ0n) is 15.8. The van der Waals surface area contributed by atoms with Gasteiger partial charge in [0.15, 0.2) is 6.10 Å². The molecule has 0 spiro atoms. The second-order valence-corrected chi connectivity index (χ2v) is 8.86. The van der Waals surface area contributed by atoms with Crippen molar-refractivity contribution in [3.05, 3.63) is 41.4 Å². The number of hydrogen-bond donors (Lipinski definition) is 1. The summed E-state index contributed by atoms with van der Waals surface area (Å²) in [4.78, 5) is 24.1. The van der Waals surface area contributed by atoms with Gasteiger partial charge in [0, 0.05) is 19.6 Å². The van der Waals surface area contributed by atoms with E-state index in [-0.39, 0.29) is 22.0 Å². The van der Waals surface area contributed by atoms with Gasteiger partial charge in [0.1, 0.15) is 4.90 Å². The van der Waals surface area contributed by atoms with Gasteiger partial charge in [-0.1, -0.05) is 30.5 Å². The molecule has 1 heterocycles. The fourth-order valence-electron chi connectivity index (χ4n) is 2.85. The summed E-state index contributed by atoms with van der Waals surface area (Å²) in [6.07, 6.45) is 4.02. The molecule has 2 rings (SSSR count). The van der Waals surface area contributed by atoms with Gasteiger partial charge >= 0.3 is 5.97 Å². The van der Waals surface area contributed by atoms with E-state index < -0.39 is 28.0 Å². The molecule has 1 N–H and O–H groups in total. The third-order valence-electron chi connectivity index (χ3n) is 4.42. The van der Waals surface area contributed by atoms with Crippen LogP contribution in [0.15, 0.2) is 35.7 Å². The first-order chi connectivity index (χ1) is 13.3. The third-order valence-corrected chi connectivity index (χ3v) is 6.80. The van der Waals surface area contributed by atoms with Gasteiger partial charge in [-0.2, -0.15) is 4.31 Å². The number of ether oxygens (including phenoxy) is 1. The van der Waals surface area contributed by atoms with Crippen LogP contribution in [0.3, 0.4) is 0 Å². The molecular formula is C19H25ClN2O5S. The minimum Gasteiger partial charge on any atom is -0.449 e. The van der Waals surface area contributed by atoms with E-state index in [9.17, 15) is 18.0 Å². The van der Waals surface area contributed by atoms with Gasteiger partial charge in [0.25, 0.3) is 5.91 Å². The summed E-state index contributed by atoms with van der Waals surface area (Å²) in [5.74, 6) is -1.27. The largest absolute Gasteiger partial charge is 0.449 e. The lowest BCUT2D eigenvalue weighted by molar-refractivity contribution is -0.128. The first-order valence-corrected chi connectivity index (χ1v) is 11.0. The summed E-state index contributed by atoms with van der Waals surface area (Å²) < 4.78 is 32.5. The van der Waals surface area contributed by atoms with Gasteiger partial charge in [-0.05, 0) is 38.0 Å². The second-order valence-electron chi connectivity index (χ2n) is 6.54. The molecule has 1 aliphatic heterocycles. The minimum absolute atomic E-state index is 0.0150. The molecule has 1 atom stereocenters. The molecule has 0 radical (unpaired) electrons. The Morgan fingerprint density at radius 1 is 1.29 bits per heavy atom. The molecule has 28 heavy (non-hydrogen) atoms. The zero-order valence-corrected chi connectivity index (χ0v) is 17.4. The van der Waals surface area contributed by atoms with Crippen molar-refractivity contribution < 1.29 is 22.7 Å². The average Bonchev–Trinajstić information content (AvgIpc) is 2.96. The maximum absolute atomic E-state index is 13.0. The van der Waals surface area contributed by atoms with E-state index in [2.05, 4.69) is 11.9 Å². The number of nitrogens with zero attached hydrogens (tertiary/aromatic N) is 1. The van der Waals surface area contributed by atoms with Crippen LogP contribution in [0.25, 0.3) is 0 Å². The Kier molecular flexibility index (Phi) is 8.03. The number of nitrogens with one attached hydrogen (secondary N) is 1. The van der Waals surface area contributed by atoms with E-state index in [1.807, 2.05) is 0 Å². The molecular weight excluding hydrogens is 404 g/mol. The quantitative estimate of drug-likeness (QED) is 0.532. The molecule has 1 aromatic carbocycles. The molecule has 9 heteroatoms. The van der Waals surface area contributed by atoms with Crippen molar-refractivity contribution in [2.24, 2.45) is 0 Å². The first-order valence-electron chi connectivity index (χ1n) is 9.16. The van der Waals surface area contributed by atoms with E-state index in [1.165, 1.54) is 35.5 Å². The summed E-state index contributed by atoms with van der Waals surface area (Å²) in [6.45, 7) is 6.02. The molecule has 1 saturated heterocycles. The topological polar surface area (TPSA) is 92.8 Å². The highest BCUT2D eigenvalue weighted by atomic mass is 35.5. The highest BCUT2D eigenvalue weighted by molar-refractivity contribution is 7.89. The summed E-state index contributed by atoms with van der Waals surface area (Å²) in [7, 11) is -3.83. The van der Waals surface area contributed by atoms with Gasteiger partial charge in [0.2, 0.25) is 10.0 Å². The van der Waals surface area contributed by atoms with Crippen LogP contribution in [0.4, 0.5) is 0 Å². The molecule has 1 amide bonds. The highest BCUT2D eigenvalue weighted by Gasteiger charge is 2.29. The van der Waals surface area contributed by atoms with Crippen LogP contribution in [-0.4, -0.2) is 50.3 Å². The Morgan fingerprint density at radius 2 is 1.93 bits per heavy atom. The number of rotatable bonds is 7. The number of amides is 1. The number of carbonyl (C=O) groups excluding carboxylic acids is 2. The lowest BCUT2D eigenvalue weighted by Crippen LogP contribution is -2.36. The van der Waals surface area contributed by atoms with Gasteiger partial charge in [-0.3, -0.25) is 4.79 Å². The van der Waals surface area contributed by atoms with Crippen molar-refractivity contribution in [2.75, 3.05) is 19.6 Å². The number of sulfonamides is 1. The van der Waals surface area contributed by atoms with Crippen LogP contribution < -0.4 is 5.32 Å². The number of benzene rings is 1. The Bertz CT molecular complexity index is 833. The SMILES string of the molecule is C=CCNC(=O)C(C)OC(=O)c1ccc(Cl)c(S(=O)(=O)N2CCCCCC2)c1. The van der Waals surface area contributed by atoms with Gasteiger partial charge in [0.05, 0.1) is 10.6 Å². The molecule has 1 fully saturated rings. The average molecular weight is 429 g/mol. The maximum Gasteiger partial charge on any atom is 0.338 e.